The van der Waals surface area contributed by atoms with E-state index in [2.05, 4.69) is 14.6 Å². The number of aromatic nitrogens is 1. The number of nitrogens with zero attached hydrogens (tertiary/aromatic N) is 2. The number of carbonyl (C=O) groups is 1. The van der Waals surface area contributed by atoms with Crippen LogP contribution >= 0.6 is 0 Å². The molecular weight excluding hydrogens is 516 g/mol. The van der Waals surface area contributed by atoms with Crippen molar-refractivity contribution in [2.24, 2.45) is 4.99 Å². The van der Waals surface area contributed by atoms with Gasteiger partial charge >= 0.3 is 5.97 Å². The summed E-state index contributed by atoms with van der Waals surface area (Å²) in [6.45, 7) is 1.86. The Labute approximate surface area is 228 Å². The van der Waals surface area contributed by atoms with Gasteiger partial charge in [-0.1, -0.05) is 48.5 Å². The molecule has 4 rings (SSSR count). The number of hydrogen-bond donors (Lipinski definition) is 3. The van der Waals surface area contributed by atoms with Crippen molar-refractivity contribution < 1.29 is 23.1 Å². The predicted molar refractivity (Wildman–Crippen MR) is 153 cm³/mol. The van der Waals surface area contributed by atoms with Gasteiger partial charge in [0, 0.05) is 29.6 Å². The van der Waals surface area contributed by atoms with Crippen molar-refractivity contribution in [2.45, 2.75) is 13.0 Å². The summed E-state index contributed by atoms with van der Waals surface area (Å²) in [4.78, 5) is 22.0. The van der Waals surface area contributed by atoms with Gasteiger partial charge in [0.2, 0.25) is 10.0 Å². The molecule has 3 aromatic carbocycles. The van der Waals surface area contributed by atoms with Crippen LogP contribution < -0.4 is 4.72 Å². The summed E-state index contributed by atoms with van der Waals surface area (Å²) in [5.74, 6) is -0.501. The van der Waals surface area contributed by atoms with Gasteiger partial charge in [-0.05, 0) is 49.8 Å². The number of aromatic amines is 1. The van der Waals surface area contributed by atoms with Gasteiger partial charge in [0.1, 0.15) is 0 Å². The molecule has 0 fully saturated rings. The number of methoxy groups -OCH3 is 1. The first-order valence-corrected chi connectivity index (χ1v) is 14.3. The number of sulfonamides is 1. The number of benzene rings is 3. The maximum absolute atomic E-state index is 12.0. The van der Waals surface area contributed by atoms with Gasteiger partial charge in [-0.15, -0.1) is 0 Å². The highest BCUT2D eigenvalue weighted by Crippen LogP contribution is 2.32. The van der Waals surface area contributed by atoms with E-state index in [1.807, 2.05) is 61.6 Å². The normalized spacial score (nSPS) is 12.3. The zero-order valence-electron chi connectivity index (χ0n) is 22.1. The standard InChI is InChI=1S/C29H32N4O5S/c1-33(17-7-16-30-39(3,36)37)19-20-10-13-23(14-11-20)31-27(21-8-5-4-6-9-21)26-24-15-12-22(29(35)38-2)18-25(24)32-28(26)34/h4-6,8-15,18,30,32,34H,7,16-17,19H2,1-3H3. The van der Waals surface area contributed by atoms with E-state index in [0.29, 0.717) is 41.9 Å². The first-order chi connectivity index (χ1) is 18.6. The summed E-state index contributed by atoms with van der Waals surface area (Å²) in [5, 5.41) is 11.6. The molecular formula is C29H32N4O5S. The van der Waals surface area contributed by atoms with Crippen molar-refractivity contribution in [1.29, 1.82) is 0 Å². The Balaban J connectivity index is 1.59. The second kappa shape index (κ2) is 12.2. The Morgan fingerprint density at radius 2 is 1.77 bits per heavy atom. The highest BCUT2D eigenvalue weighted by Gasteiger charge is 2.20. The van der Waals surface area contributed by atoms with Crippen LogP contribution in [0.1, 0.15) is 33.5 Å². The highest BCUT2D eigenvalue weighted by atomic mass is 32.2. The van der Waals surface area contributed by atoms with Crippen molar-refractivity contribution in [3.05, 3.63) is 95.1 Å². The van der Waals surface area contributed by atoms with E-state index in [4.69, 9.17) is 9.73 Å². The minimum atomic E-state index is -3.17. The van der Waals surface area contributed by atoms with Crippen LogP contribution in [0.5, 0.6) is 5.88 Å². The van der Waals surface area contributed by atoms with Crippen molar-refractivity contribution in [2.75, 3.05) is 33.5 Å². The van der Waals surface area contributed by atoms with Crippen LogP contribution in [0, 0.1) is 0 Å². The summed E-state index contributed by atoms with van der Waals surface area (Å²) in [6.07, 6.45) is 1.87. The molecule has 0 amide bonds. The molecule has 4 aromatic rings. The van der Waals surface area contributed by atoms with Crippen LogP contribution in [-0.2, 0) is 21.3 Å². The summed E-state index contributed by atoms with van der Waals surface area (Å²) in [7, 11) is 0.147. The predicted octanol–water partition coefficient (Wildman–Crippen LogP) is 4.20. The maximum Gasteiger partial charge on any atom is 0.337 e. The number of aromatic hydroxyl groups is 1. The fourth-order valence-corrected chi connectivity index (χ4v) is 4.85. The van der Waals surface area contributed by atoms with Crippen LogP contribution in [0.3, 0.4) is 0 Å². The van der Waals surface area contributed by atoms with E-state index in [-0.39, 0.29) is 5.88 Å². The Bertz CT molecular complexity index is 1580. The molecule has 10 heteroatoms. The zero-order chi connectivity index (χ0) is 28.0. The first kappa shape index (κ1) is 28.0. The van der Waals surface area contributed by atoms with E-state index < -0.39 is 16.0 Å². The van der Waals surface area contributed by atoms with Crippen molar-refractivity contribution in [1.82, 2.24) is 14.6 Å². The first-order valence-electron chi connectivity index (χ1n) is 12.4. The Morgan fingerprint density at radius 1 is 1.05 bits per heavy atom. The van der Waals surface area contributed by atoms with Gasteiger partial charge in [0.25, 0.3) is 0 Å². The van der Waals surface area contributed by atoms with Gasteiger partial charge in [-0.25, -0.2) is 22.9 Å². The lowest BCUT2D eigenvalue weighted by molar-refractivity contribution is 0.0601. The minimum absolute atomic E-state index is 0.0433. The molecule has 1 aromatic heterocycles. The number of hydrogen-bond acceptors (Lipinski definition) is 7. The molecule has 0 saturated heterocycles. The molecule has 0 bridgehead atoms. The van der Waals surface area contributed by atoms with E-state index >= 15 is 0 Å². The van der Waals surface area contributed by atoms with E-state index in [1.165, 1.54) is 7.11 Å². The molecule has 3 N–H and O–H groups in total. The summed E-state index contributed by atoms with van der Waals surface area (Å²) in [6, 6.07) is 22.6. The molecule has 0 radical (unpaired) electrons. The molecule has 0 aliphatic rings. The van der Waals surface area contributed by atoms with Crippen LogP contribution in [0.4, 0.5) is 5.69 Å². The van der Waals surface area contributed by atoms with Gasteiger partial charge in [0.05, 0.1) is 35.9 Å². The SMILES string of the molecule is COC(=O)c1ccc2c(C(=Nc3ccc(CN(C)CCCNS(C)(=O)=O)cc3)c3ccccc3)c(O)[nH]c2c1. The lowest BCUT2D eigenvalue weighted by atomic mass is 10.00. The van der Waals surface area contributed by atoms with Crippen molar-refractivity contribution in [3.8, 4) is 5.88 Å². The minimum Gasteiger partial charge on any atom is -0.494 e. The second-order valence-corrected chi connectivity index (χ2v) is 11.2. The molecule has 1 heterocycles. The fourth-order valence-electron chi connectivity index (χ4n) is 4.33. The lowest BCUT2D eigenvalue weighted by Crippen LogP contribution is -2.27. The number of ether oxygens (including phenoxy) is 1. The third kappa shape index (κ3) is 7.32. The average molecular weight is 549 g/mol. The molecule has 39 heavy (non-hydrogen) atoms. The molecule has 0 atom stereocenters. The average Bonchev–Trinajstić information content (AvgIpc) is 3.24. The molecule has 9 nitrogen and oxygen atoms in total. The fraction of sp³-hybridized carbons (Fsp3) is 0.241. The topological polar surface area (TPSA) is 124 Å². The molecule has 204 valence electrons. The van der Waals surface area contributed by atoms with E-state index in [0.717, 1.165) is 35.0 Å². The largest absolute Gasteiger partial charge is 0.494 e. The van der Waals surface area contributed by atoms with Crippen molar-refractivity contribution in [3.63, 3.8) is 0 Å². The number of H-pyrrole nitrogens is 1. The number of aliphatic imine (C=N–C) groups is 1. The molecule has 0 aliphatic carbocycles. The molecule has 0 spiro atoms. The van der Waals surface area contributed by atoms with Crippen LogP contribution in [0.25, 0.3) is 10.9 Å². The number of rotatable bonds is 11. The number of nitrogens with one attached hydrogen (secondary N) is 2. The number of fused-ring (bicyclic) bond motifs is 1. The van der Waals surface area contributed by atoms with Crippen LogP contribution in [0.15, 0.2) is 77.8 Å². The van der Waals surface area contributed by atoms with Crippen LogP contribution in [-0.4, -0.2) is 68.6 Å². The Hall–Kier alpha value is -3.99. The third-order valence-electron chi connectivity index (χ3n) is 6.19. The summed E-state index contributed by atoms with van der Waals surface area (Å²) < 4.78 is 29.7. The van der Waals surface area contributed by atoms with E-state index in [1.54, 1.807) is 18.2 Å². The number of esters is 1. The van der Waals surface area contributed by atoms with Gasteiger partial charge < -0.3 is 19.7 Å². The smallest absolute Gasteiger partial charge is 0.337 e. The second-order valence-electron chi connectivity index (χ2n) is 9.35. The Kier molecular flexibility index (Phi) is 8.80. The van der Waals surface area contributed by atoms with Gasteiger partial charge in [0.15, 0.2) is 5.88 Å². The number of carbonyl (C=O) groups excluding carboxylic acids is 1. The molecule has 0 saturated carbocycles. The quantitative estimate of drug-likeness (QED) is 0.147. The lowest BCUT2D eigenvalue weighted by Gasteiger charge is -2.16. The molecule has 0 unspecified atom stereocenters. The van der Waals surface area contributed by atoms with Crippen molar-refractivity contribution >= 4 is 38.3 Å². The van der Waals surface area contributed by atoms with E-state index in [9.17, 15) is 18.3 Å². The van der Waals surface area contributed by atoms with Gasteiger partial charge in [-0.2, -0.15) is 0 Å². The van der Waals surface area contributed by atoms with Crippen LogP contribution in [0.2, 0.25) is 0 Å². The molecule has 0 aliphatic heterocycles. The highest BCUT2D eigenvalue weighted by molar-refractivity contribution is 7.88. The summed E-state index contributed by atoms with van der Waals surface area (Å²) in [5.41, 5.74) is 4.75. The summed E-state index contributed by atoms with van der Waals surface area (Å²) >= 11 is 0. The van der Waals surface area contributed by atoms with Gasteiger partial charge in [-0.3, -0.25) is 0 Å². The third-order valence-corrected chi connectivity index (χ3v) is 6.92. The zero-order valence-corrected chi connectivity index (χ0v) is 23.0. The maximum atomic E-state index is 12.0. The Morgan fingerprint density at radius 3 is 2.44 bits per heavy atom. The monoisotopic (exact) mass is 548 g/mol.